The Balaban J connectivity index is 1.21. The lowest BCUT2D eigenvalue weighted by Gasteiger charge is -2.26. The first-order valence-electron chi connectivity index (χ1n) is 19.2. The van der Waals surface area contributed by atoms with Crippen molar-refractivity contribution >= 4 is 38.6 Å². The molecule has 1 heteroatoms. The molecule has 0 spiro atoms. The van der Waals surface area contributed by atoms with Gasteiger partial charge in [-0.2, -0.15) is 0 Å². The summed E-state index contributed by atoms with van der Waals surface area (Å²) >= 11 is 0. The van der Waals surface area contributed by atoms with Gasteiger partial charge in [0.05, 0.1) is 5.48 Å². The quantitative estimate of drug-likeness (QED) is 0.165. The maximum absolute atomic E-state index is 9.51. The van der Waals surface area contributed by atoms with Crippen molar-refractivity contribution in [2.45, 2.75) is 0 Å². The molecule has 0 saturated heterocycles. The Morgan fingerprint density at radius 1 is 0.294 bits per heavy atom. The second-order valence-electron chi connectivity index (χ2n) is 12.7. The summed E-state index contributed by atoms with van der Waals surface area (Å²) in [7, 11) is 0. The van der Waals surface area contributed by atoms with Crippen LogP contribution in [0.25, 0.3) is 66.1 Å². The standard InChI is InChI=1S/C50H35N/c1-2-11-36(12-3-1)42-17-8-18-43(33-42)38-25-29-46(30-26-38)51(47-31-27-40(28-32-47)50-22-10-16-39-14-6-7-21-49(39)50)48-20-9-19-44(35-48)45-24-23-37-13-4-5-15-41(37)34-45/h1-35H/i25D,26D,29D,30D. The van der Waals surface area contributed by atoms with E-state index in [9.17, 15) is 5.48 Å². The second-order valence-corrected chi connectivity index (χ2v) is 12.7. The fraction of sp³-hybridized carbons (Fsp3) is 0. The van der Waals surface area contributed by atoms with Gasteiger partial charge >= 0.3 is 0 Å². The van der Waals surface area contributed by atoms with E-state index in [1.807, 2.05) is 102 Å². The van der Waals surface area contributed by atoms with E-state index in [2.05, 4.69) is 91.0 Å². The molecule has 0 heterocycles. The highest BCUT2D eigenvalue weighted by molar-refractivity contribution is 5.97. The van der Waals surface area contributed by atoms with E-state index in [4.69, 9.17) is 0 Å². The zero-order valence-corrected chi connectivity index (χ0v) is 27.8. The van der Waals surface area contributed by atoms with Gasteiger partial charge in [0.15, 0.2) is 0 Å². The molecule has 0 fully saturated rings. The number of hydrogen-bond donors (Lipinski definition) is 0. The average Bonchev–Trinajstić information content (AvgIpc) is 3.25. The van der Waals surface area contributed by atoms with Gasteiger partial charge in [0.1, 0.15) is 0 Å². The predicted octanol–water partition coefficient (Wildman–Crippen LogP) is 14.1. The van der Waals surface area contributed by atoms with Crippen molar-refractivity contribution in [3.8, 4) is 44.5 Å². The zero-order valence-electron chi connectivity index (χ0n) is 31.8. The molecule has 0 aliphatic carbocycles. The molecule has 0 saturated carbocycles. The third kappa shape index (κ3) is 6.07. The molecule has 1 nitrogen and oxygen atoms in total. The van der Waals surface area contributed by atoms with Gasteiger partial charge < -0.3 is 4.90 Å². The number of nitrogens with zero attached hydrogens (tertiary/aromatic N) is 1. The lowest BCUT2D eigenvalue weighted by atomic mass is 9.97. The summed E-state index contributed by atoms with van der Waals surface area (Å²) in [6.07, 6.45) is 0. The topological polar surface area (TPSA) is 3.24 Å². The van der Waals surface area contributed by atoms with Gasteiger partial charge in [-0.05, 0) is 115 Å². The van der Waals surface area contributed by atoms with Crippen LogP contribution in [-0.2, 0) is 0 Å². The number of fused-ring (bicyclic) bond motifs is 2. The molecule has 0 aliphatic rings. The van der Waals surface area contributed by atoms with Gasteiger partial charge in [-0.25, -0.2) is 0 Å². The molecule has 0 unspecified atom stereocenters. The zero-order chi connectivity index (χ0) is 37.5. The number of hydrogen-bond acceptors (Lipinski definition) is 1. The summed E-state index contributed by atoms with van der Waals surface area (Å²) < 4.78 is 37.8. The largest absolute Gasteiger partial charge is 0.310 e. The van der Waals surface area contributed by atoms with Crippen LogP contribution in [0.1, 0.15) is 5.48 Å². The highest BCUT2D eigenvalue weighted by Crippen LogP contribution is 2.39. The van der Waals surface area contributed by atoms with Crippen LogP contribution in [0.4, 0.5) is 17.1 Å². The lowest BCUT2D eigenvalue weighted by Crippen LogP contribution is -2.10. The van der Waals surface area contributed by atoms with E-state index in [0.717, 1.165) is 66.3 Å². The van der Waals surface area contributed by atoms with Crippen molar-refractivity contribution in [1.82, 2.24) is 0 Å². The predicted molar refractivity (Wildman–Crippen MR) is 218 cm³/mol. The first-order valence-corrected chi connectivity index (χ1v) is 17.2. The molecular weight excluding hydrogens is 615 g/mol. The maximum Gasteiger partial charge on any atom is 0.0645 e. The van der Waals surface area contributed by atoms with Crippen molar-refractivity contribution in [3.05, 3.63) is 212 Å². The van der Waals surface area contributed by atoms with Crippen molar-refractivity contribution in [3.63, 3.8) is 0 Å². The van der Waals surface area contributed by atoms with Crippen molar-refractivity contribution < 1.29 is 5.48 Å². The number of anilines is 3. The monoisotopic (exact) mass is 653 g/mol. The smallest absolute Gasteiger partial charge is 0.0645 e. The summed E-state index contributed by atoms with van der Waals surface area (Å²) in [5.41, 5.74) is 8.67. The third-order valence-corrected chi connectivity index (χ3v) is 9.51. The molecule has 0 atom stereocenters. The fourth-order valence-corrected chi connectivity index (χ4v) is 6.91. The summed E-state index contributed by atoms with van der Waals surface area (Å²) in [6.45, 7) is 0. The van der Waals surface area contributed by atoms with Crippen LogP contribution in [0, 0.1) is 0 Å². The van der Waals surface area contributed by atoms with Crippen LogP contribution in [0.3, 0.4) is 0 Å². The Bertz CT molecular complexity index is 2830. The van der Waals surface area contributed by atoms with Crippen LogP contribution in [-0.4, -0.2) is 0 Å². The molecular formula is C50H35N. The first-order chi connectivity index (χ1) is 26.9. The SMILES string of the molecule is [2H]c1c([2H])c(N(c2ccc(-c3cccc4ccccc34)cc2)c2cccc(-c3ccc4ccccc4c3)c2)c([2H])c([2H])c1-c1cccc(-c2ccccc2)c1. The average molecular weight is 654 g/mol. The van der Waals surface area contributed by atoms with Crippen LogP contribution < -0.4 is 4.90 Å². The van der Waals surface area contributed by atoms with E-state index in [-0.39, 0.29) is 35.4 Å². The molecule has 0 aliphatic heterocycles. The van der Waals surface area contributed by atoms with Gasteiger partial charge in [0, 0.05) is 17.1 Å². The molecule has 9 rings (SSSR count). The minimum absolute atomic E-state index is 0.0933. The van der Waals surface area contributed by atoms with E-state index < -0.39 is 0 Å². The summed E-state index contributed by atoms with van der Waals surface area (Å²) in [5.74, 6) is 0. The molecule has 9 aromatic rings. The highest BCUT2D eigenvalue weighted by atomic mass is 15.1. The number of benzene rings is 9. The second kappa shape index (κ2) is 13.3. The minimum Gasteiger partial charge on any atom is -0.310 e. The normalized spacial score (nSPS) is 12.2. The summed E-state index contributed by atoms with van der Waals surface area (Å²) in [4.78, 5) is 1.86. The highest BCUT2D eigenvalue weighted by Gasteiger charge is 2.15. The molecule has 0 amide bonds. The van der Waals surface area contributed by atoms with Gasteiger partial charge in [-0.3, -0.25) is 0 Å². The van der Waals surface area contributed by atoms with Crippen molar-refractivity contribution in [2.24, 2.45) is 0 Å². The molecule has 240 valence electrons. The van der Waals surface area contributed by atoms with Gasteiger partial charge in [-0.15, -0.1) is 0 Å². The van der Waals surface area contributed by atoms with E-state index in [1.165, 1.54) is 0 Å². The minimum atomic E-state index is -0.115. The van der Waals surface area contributed by atoms with Crippen LogP contribution in [0.2, 0.25) is 0 Å². The first kappa shape index (κ1) is 26.2. The molecule has 0 aromatic heterocycles. The maximum atomic E-state index is 9.51. The van der Waals surface area contributed by atoms with Gasteiger partial charge in [-0.1, -0.05) is 164 Å². The number of rotatable bonds is 7. The van der Waals surface area contributed by atoms with Crippen LogP contribution >= 0.6 is 0 Å². The Morgan fingerprint density at radius 3 is 1.67 bits per heavy atom. The molecule has 0 bridgehead atoms. The fourth-order valence-electron chi connectivity index (χ4n) is 6.91. The van der Waals surface area contributed by atoms with E-state index >= 15 is 0 Å². The summed E-state index contributed by atoms with van der Waals surface area (Å²) in [5, 5.41) is 4.62. The van der Waals surface area contributed by atoms with Gasteiger partial charge in [0.25, 0.3) is 0 Å². The Kier molecular flexibility index (Phi) is 6.84. The summed E-state index contributed by atoms with van der Waals surface area (Å²) in [6, 6.07) is 62.8. The molecule has 0 radical (unpaired) electrons. The third-order valence-electron chi connectivity index (χ3n) is 9.51. The Morgan fingerprint density at radius 2 is 0.863 bits per heavy atom. The van der Waals surface area contributed by atoms with Crippen LogP contribution in [0.15, 0.2) is 212 Å². The van der Waals surface area contributed by atoms with Crippen molar-refractivity contribution in [2.75, 3.05) is 4.90 Å². The molecule has 0 N–H and O–H groups in total. The lowest BCUT2D eigenvalue weighted by molar-refractivity contribution is 1.28. The van der Waals surface area contributed by atoms with E-state index in [1.54, 1.807) is 0 Å². The Labute approximate surface area is 305 Å². The Hall–Kier alpha value is -6.70. The molecule has 9 aromatic carbocycles. The van der Waals surface area contributed by atoms with Gasteiger partial charge in [0.2, 0.25) is 0 Å². The molecule has 51 heavy (non-hydrogen) atoms. The van der Waals surface area contributed by atoms with Crippen molar-refractivity contribution in [1.29, 1.82) is 0 Å². The van der Waals surface area contributed by atoms with E-state index in [0.29, 0.717) is 5.56 Å². The van der Waals surface area contributed by atoms with Crippen LogP contribution in [0.5, 0.6) is 0 Å².